The summed E-state index contributed by atoms with van der Waals surface area (Å²) in [5, 5.41) is 7.23. The topological polar surface area (TPSA) is 50.2 Å². The molecule has 2 fully saturated rings. The molecule has 1 amide bonds. The van der Waals surface area contributed by atoms with Gasteiger partial charge in [-0.25, -0.2) is 0 Å². The fourth-order valence-corrected chi connectivity index (χ4v) is 2.72. The summed E-state index contributed by atoms with van der Waals surface area (Å²) >= 11 is 0. The van der Waals surface area contributed by atoms with Crippen molar-refractivity contribution in [1.29, 1.82) is 0 Å². The summed E-state index contributed by atoms with van der Waals surface area (Å²) in [5.41, 5.74) is 0.517. The summed E-state index contributed by atoms with van der Waals surface area (Å²) in [6.45, 7) is 3.49. The number of nitrogens with one attached hydrogen (secondary N) is 1. The van der Waals surface area contributed by atoms with Gasteiger partial charge >= 0.3 is 0 Å². The zero-order chi connectivity index (χ0) is 13.2. The highest BCUT2D eigenvalue weighted by Gasteiger charge is 2.27. The summed E-state index contributed by atoms with van der Waals surface area (Å²) in [6.07, 6.45) is 6.75. The number of hydrogen-bond acceptors (Lipinski definition) is 3. The van der Waals surface area contributed by atoms with Crippen LogP contribution in [0.5, 0.6) is 0 Å². The van der Waals surface area contributed by atoms with Gasteiger partial charge in [-0.1, -0.05) is 0 Å². The maximum absolute atomic E-state index is 12.0. The molecule has 5 heteroatoms. The lowest BCUT2D eigenvalue weighted by Crippen LogP contribution is -2.45. The first kappa shape index (κ1) is 12.7. The molecule has 1 aliphatic heterocycles. The first-order chi connectivity index (χ1) is 9.20. The lowest BCUT2D eigenvalue weighted by Gasteiger charge is -2.32. The van der Waals surface area contributed by atoms with E-state index < -0.39 is 0 Å². The predicted octanol–water partition coefficient (Wildman–Crippen LogP) is 1.02. The maximum Gasteiger partial charge on any atom is 0.271 e. The SMILES string of the molecule is Cn1ccc(C(=O)NC2CCN(CC3CC3)CC2)n1. The van der Waals surface area contributed by atoms with Crippen molar-refractivity contribution in [3.63, 3.8) is 0 Å². The average molecular weight is 262 g/mol. The van der Waals surface area contributed by atoms with Gasteiger partial charge in [-0.05, 0) is 37.7 Å². The molecule has 1 N–H and O–H groups in total. The number of likely N-dealkylation sites (tertiary alicyclic amines) is 1. The minimum atomic E-state index is -0.0405. The van der Waals surface area contributed by atoms with E-state index in [2.05, 4.69) is 15.3 Å². The van der Waals surface area contributed by atoms with Gasteiger partial charge in [-0.3, -0.25) is 9.48 Å². The summed E-state index contributed by atoms with van der Waals surface area (Å²) in [5.74, 6) is 0.918. The number of aryl methyl sites for hydroxylation is 1. The zero-order valence-corrected chi connectivity index (χ0v) is 11.5. The van der Waals surface area contributed by atoms with Crippen LogP contribution < -0.4 is 5.32 Å². The number of rotatable bonds is 4. The molecule has 104 valence electrons. The highest BCUT2D eigenvalue weighted by atomic mass is 16.2. The van der Waals surface area contributed by atoms with E-state index in [1.54, 1.807) is 16.9 Å². The Bertz CT molecular complexity index is 444. The van der Waals surface area contributed by atoms with E-state index in [0.717, 1.165) is 31.8 Å². The Morgan fingerprint density at radius 3 is 2.68 bits per heavy atom. The second-order valence-corrected chi connectivity index (χ2v) is 5.87. The van der Waals surface area contributed by atoms with Crippen LogP contribution in [0, 0.1) is 5.92 Å². The van der Waals surface area contributed by atoms with Crippen molar-refractivity contribution in [1.82, 2.24) is 20.0 Å². The van der Waals surface area contributed by atoms with Crippen LogP contribution in [0.3, 0.4) is 0 Å². The Morgan fingerprint density at radius 1 is 1.37 bits per heavy atom. The van der Waals surface area contributed by atoms with Gasteiger partial charge < -0.3 is 10.2 Å². The predicted molar refractivity (Wildman–Crippen MR) is 72.9 cm³/mol. The summed E-state index contributed by atoms with van der Waals surface area (Å²) in [7, 11) is 1.83. The molecule has 2 aliphatic rings. The zero-order valence-electron chi connectivity index (χ0n) is 11.5. The van der Waals surface area contributed by atoms with Crippen molar-refractivity contribution >= 4 is 5.91 Å². The first-order valence-corrected chi connectivity index (χ1v) is 7.23. The van der Waals surface area contributed by atoms with Crippen LogP contribution in [-0.2, 0) is 7.05 Å². The Labute approximate surface area is 114 Å². The van der Waals surface area contributed by atoms with Gasteiger partial charge in [0.2, 0.25) is 0 Å². The molecule has 1 aromatic heterocycles. The number of amides is 1. The molecule has 1 saturated carbocycles. The third-order valence-electron chi connectivity index (χ3n) is 4.08. The van der Waals surface area contributed by atoms with Crippen LogP contribution in [0.25, 0.3) is 0 Å². The van der Waals surface area contributed by atoms with Crippen LogP contribution in [0.4, 0.5) is 0 Å². The molecule has 1 saturated heterocycles. The van der Waals surface area contributed by atoms with E-state index in [9.17, 15) is 4.79 Å². The minimum absolute atomic E-state index is 0.0405. The fourth-order valence-electron chi connectivity index (χ4n) is 2.72. The Hall–Kier alpha value is -1.36. The molecule has 2 heterocycles. The number of hydrogen-bond donors (Lipinski definition) is 1. The number of nitrogens with zero attached hydrogens (tertiary/aromatic N) is 3. The highest BCUT2D eigenvalue weighted by molar-refractivity contribution is 5.92. The van der Waals surface area contributed by atoms with Gasteiger partial charge in [0.15, 0.2) is 0 Å². The number of carbonyl (C=O) groups is 1. The number of piperidine rings is 1. The maximum atomic E-state index is 12.0. The second-order valence-electron chi connectivity index (χ2n) is 5.87. The molecule has 19 heavy (non-hydrogen) atoms. The van der Waals surface area contributed by atoms with Gasteiger partial charge in [0.25, 0.3) is 5.91 Å². The summed E-state index contributed by atoms with van der Waals surface area (Å²) in [6, 6.07) is 2.07. The van der Waals surface area contributed by atoms with Crippen molar-refractivity contribution in [3.05, 3.63) is 18.0 Å². The third-order valence-corrected chi connectivity index (χ3v) is 4.08. The van der Waals surface area contributed by atoms with E-state index >= 15 is 0 Å². The van der Waals surface area contributed by atoms with Gasteiger partial charge in [-0.2, -0.15) is 5.10 Å². The second kappa shape index (κ2) is 5.33. The van der Waals surface area contributed by atoms with E-state index in [0.29, 0.717) is 11.7 Å². The van der Waals surface area contributed by atoms with Crippen LogP contribution in [0.1, 0.15) is 36.2 Å². The molecule has 0 atom stereocenters. The van der Waals surface area contributed by atoms with Gasteiger partial charge in [0, 0.05) is 38.9 Å². The Balaban J connectivity index is 1.45. The van der Waals surface area contributed by atoms with Gasteiger partial charge in [0.05, 0.1) is 0 Å². The van der Waals surface area contributed by atoms with E-state index in [4.69, 9.17) is 0 Å². The number of carbonyl (C=O) groups excluding carboxylic acids is 1. The molecule has 1 aliphatic carbocycles. The van der Waals surface area contributed by atoms with Crippen LogP contribution >= 0.6 is 0 Å². The van der Waals surface area contributed by atoms with E-state index in [1.165, 1.54) is 19.4 Å². The lowest BCUT2D eigenvalue weighted by molar-refractivity contribution is 0.0904. The van der Waals surface area contributed by atoms with Gasteiger partial charge in [0.1, 0.15) is 5.69 Å². The first-order valence-electron chi connectivity index (χ1n) is 7.23. The molecule has 0 unspecified atom stereocenters. The third kappa shape index (κ3) is 3.35. The van der Waals surface area contributed by atoms with Crippen LogP contribution in [-0.4, -0.2) is 46.3 Å². The van der Waals surface area contributed by atoms with Crippen molar-refractivity contribution in [3.8, 4) is 0 Å². The molecule has 0 bridgehead atoms. The van der Waals surface area contributed by atoms with Gasteiger partial charge in [-0.15, -0.1) is 0 Å². The van der Waals surface area contributed by atoms with E-state index in [-0.39, 0.29) is 5.91 Å². The quantitative estimate of drug-likeness (QED) is 0.881. The molecule has 5 nitrogen and oxygen atoms in total. The van der Waals surface area contributed by atoms with Crippen molar-refractivity contribution in [2.45, 2.75) is 31.7 Å². The standard InChI is InChI=1S/C14H22N4O/c1-17-7-6-13(16-17)14(19)15-12-4-8-18(9-5-12)10-11-2-3-11/h6-7,11-12H,2-5,8-10H2,1H3,(H,15,19). The average Bonchev–Trinajstić information content (AvgIpc) is 3.11. The van der Waals surface area contributed by atoms with Crippen LogP contribution in [0.15, 0.2) is 12.3 Å². The van der Waals surface area contributed by atoms with Crippen molar-refractivity contribution < 1.29 is 4.79 Å². The van der Waals surface area contributed by atoms with Crippen LogP contribution in [0.2, 0.25) is 0 Å². The minimum Gasteiger partial charge on any atom is -0.348 e. The molecular formula is C14H22N4O. The van der Waals surface area contributed by atoms with E-state index in [1.807, 2.05) is 7.05 Å². The summed E-state index contributed by atoms with van der Waals surface area (Å²) < 4.78 is 1.66. The Kier molecular flexibility index (Phi) is 3.55. The fraction of sp³-hybridized carbons (Fsp3) is 0.714. The molecular weight excluding hydrogens is 240 g/mol. The smallest absolute Gasteiger partial charge is 0.271 e. The molecule has 0 spiro atoms. The Morgan fingerprint density at radius 2 is 2.11 bits per heavy atom. The number of aromatic nitrogens is 2. The molecule has 3 rings (SSSR count). The lowest BCUT2D eigenvalue weighted by atomic mass is 10.0. The molecule has 0 aromatic carbocycles. The summed E-state index contributed by atoms with van der Waals surface area (Å²) in [4.78, 5) is 14.5. The monoisotopic (exact) mass is 262 g/mol. The molecule has 1 aromatic rings. The van der Waals surface area contributed by atoms with Crippen molar-refractivity contribution in [2.75, 3.05) is 19.6 Å². The normalized spacial score (nSPS) is 21.5. The highest BCUT2D eigenvalue weighted by Crippen LogP contribution is 2.30. The van der Waals surface area contributed by atoms with Crippen molar-refractivity contribution in [2.24, 2.45) is 13.0 Å². The largest absolute Gasteiger partial charge is 0.348 e. The molecule has 0 radical (unpaired) electrons.